The van der Waals surface area contributed by atoms with Gasteiger partial charge >= 0.3 is 111 Å². The Hall–Kier alpha value is -1.69. The molecule has 0 aliphatic carbocycles. The molecule has 0 bridgehead atoms. The first-order valence-corrected chi connectivity index (χ1v) is 9.66. The molecule has 0 saturated carbocycles. The number of amides is 1. The maximum atomic E-state index is 11.5. The van der Waals surface area contributed by atoms with E-state index in [0.29, 0.717) is 17.4 Å². The fourth-order valence-corrected chi connectivity index (χ4v) is 2.48. The van der Waals surface area contributed by atoms with Crippen LogP contribution in [0.5, 0.6) is 11.5 Å². The number of hydrogen-bond donors (Lipinski definition) is 4. The van der Waals surface area contributed by atoms with Crippen molar-refractivity contribution in [1.82, 2.24) is 5.32 Å². The SMILES string of the molecule is CCCCCCCC(=O)N[C@@H]([C-]=O)C[C](N)=[Mn].[CH2-]Cc1ccc(O)cc1O. The van der Waals surface area contributed by atoms with E-state index in [0.717, 1.165) is 24.8 Å². The van der Waals surface area contributed by atoms with Crippen LogP contribution in [0.4, 0.5) is 0 Å². The normalized spacial score (nSPS) is 11.1. The number of carbonyl (C=O) groups excluding carboxylic acids is 2. The molecule has 0 spiro atoms. The van der Waals surface area contributed by atoms with E-state index in [1.807, 2.05) is 0 Å². The largest absolute Gasteiger partial charge is 0.508 e. The van der Waals surface area contributed by atoms with E-state index in [1.54, 1.807) is 12.4 Å². The minimum absolute atomic E-state index is 0.0784. The zero-order valence-corrected chi connectivity index (χ0v) is 17.0. The van der Waals surface area contributed by atoms with E-state index in [9.17, 15) is 9.59 Å². The van der Waals surface area contributed by atoms with Crippen molar-refractivity contribution >= 4 is 16.7 Å². The van der Waals surface area contributed by atoms with Crippen molar-refractivity contribution in [2.45, 2.75) is 64.3 Å². The van der Waals surface area contributed by atoms with Gasteiger partial charge in [0.25, 0.3) is 0 Å². The maximum absolute atomic E-state index is 11.5. The van der Waals surface area contributed by atoms with Crippen molar-refractivity contribution in [1.29, 1.82) is 0 Å². The second kappa shape index (κ2) is 15.4. The van der Waals surface area contributed by atoms with Crippen LogP contribution in [0.2, 0.25) is 0 Å². The van der Waals surface area contributed by atoms with Crippen LogP contribution < -0.4 is 11.1 Å². The monoisotopic (exact) mass is 417 g/mol. The van der Waals surface area contributed by atoms with Gasteiger partial charge in [0.2, 0.25) is 0 Å². The number of aromatic hydroxyl groups is 2. The molecule has 0 saturated heterocycles. The number of nitrogens with two attached hydrogens (primary N) is 1. The summed E-state index contributed by atoms with van der Waals surface area (Å²) in [6.07, 6.45) is 8.53. The summed E-state index contributed by atoms with van der Waals surface area (Å²) < 4.78 is 0.439. The van der Waals surface area contributed by atoms with Gasteiger partial charge in [-0.15, -0.1) is 0 Å². The second-order valence-corrected chi connectivity index (χ2v) is 6.87. The van der Waals surface area contributed by atoms with E-state index in [4.69, 9.17) is 15.9 Å². The number of hydrogen-bond acceptors (Lipinski definition) is 5. The quantitative estimate of drug-likeness (QED) is 0.251. The number of phenols is 2. The van der Waals surface area contributed by atoms with Gasteiger partial charge in [-0.2, -0.15) is 6.42 Å². The van der Waals surface area contributed by atoms with Crippen molar-refractivity contribution in [3.8, 4) is 11.5 Å². The zero-order valence-electron chi connectivity index (χ0n) is 15.8. The molecule has 7 heteroatoms. The molecule has 0 aromatic heterocycles. The van der Waals surface area contributed by atoms with Gasteiger partial charge in [-0.25, -0.2) is 0 Å². The molecule has 0 aliphatic rings. The minimum Gasteiger partial charge on any atom is -0.508 e. The van der Waals surface area contributed by atoms with Gasteiger partial charge in [0, 0.05) is 6.07 Å². The molecule has 0 unspecified atom stereocenters. The fourth-order valence-electron chi connectivity index (χ4n) is 2.24. The number of nitrogens with one attached hydrogen (secondary N) is 1. The van der Waals surface area contributed by atoms with Crippen molar-refractivity contribution in [2.24, 2.45) is 5.73 Å². The summed E-state index contributed by atoms with van der Waals surface area (Å²) >= 11 is 3.05. The zero-order chi connectivity index (χ0) is 20.7. The van der Waals surface area contributed by atoms with Gasteiger partial charge in [-0.05, 0) is 11.6 Å². The van der Waals surface area contributed by atoms with E-state index in [2.05, 4.69) is 34.7 Å². The molecule has 1 rings (SSSR count). The van der Waals surface area contributed by atoms with Gasteiger partial charge in [-0.3, -0.25) is 0 Å². The van der Waals surface area contributed by atoms with Gasteiger partial charge < -0.3 is 17.1 Å². The topological polar surface area (TPSA) is 113 Å². The maximum Gasteiger partial charge on any atom is 0.119 e. The molecular formula is C20H30MnN2O4-2. The molecule has 5 N–H and O–H groups in total. The van der Waals surface area contributed by atoms with E-state index in [1.165, 1.54) is 25.0 Å². The summed E-state index contributed by atoms with van der Waals surface area (Å²) in [7, 11) is 0. The smallest absolute Gasteiger partial charge is 0.119 e. The third-order valence-corrected chi connectivity index (χ3v) is 3.96. The molecule has 1 aromatic carbocycles. The molecule has 0 aliphatic heterocycles. The Morgan fingerprint density at radius 3 is 2.48 bits per heavy atom. The number of benzene rings is 1. The summed E-state index contributed by atoms with van der Waals surface area (Å²) in [5.41, 5.74) is 6.15. The Morgan fingerprint density at radius 2 is 1.96 bits per heavy atom. The first-order valence-electron chi connectivity index (χ1n) is 9.07. The van der Waals surface area contributed by atoms with E-state index < -0.39 is 6.04 Å². The summed E-state index contributed by atoms with van der Waals surface area (Å²) in [5.74, 6) is 0.0771. The molecule has 1 amide bonds. The average Bonchev–Trinajstić information content (AvgIpc) is 2.61. The molecular weight excluding hydrogens is 387 g/mol. The summed E-state index contributed by atoms with van der Waals surface area (Å²) in [4.78, 5) is 22.0. The minimum atomic E-state index is -0.641. The van der Waals surface area contributed by atoms with E-state index in [-0.39, 0.29) is 23.8 Å². The molecule has 0 fully saturated rings. The van der Waals surface area contributed by atoms with Crippen LogP contribution in [0, 0.1) is 6.92 Å². The Balaban J connectivity index is 0.000000569. The van der Waals surface area contributed by atoms with Gasteiger partial charge in [0.15, 0.2) is 0 Å². The van der Waals surface area contributed by atoms with Crippen LogP contribution in [-0.4, -0.2) is 33.0 Å². The predicted molar refractivity (Wildman–Crippen MR) is 104 cm³/mol. The summed E-state index contributed by atoms with van der Waals surface area (Å²) in [6, 6.07) is 3.84. The molecule has 0 heterocycles. The summed E-state index contributed by atoms with van der Waals surface area (Å²) in [5, 5.41) is 20.5. The van der Waals surface area contributed by atoms with Crippen LogP contribution in [0.3, 0.4) is 0 Å². The van der Waals surface area contributed by atoms with Crippen LogP contribution in [-0.2, 0) is 31.6 Å². The van der Waals surface area contributed by atoms with Gasteiger partial charge in [0.05, 0.1) is 0 Å². The number of phenolic OH excluding ortho intramolecular Hbond substituents is 2. The number of unbranched alkanes of at least 4 members (excludes halogenated alkanes) is 4. The Kier molecular flexibility index (Phi) is 14.4. The van der Waals surface area contributed by atoms with Crippen molar-refractivity contribution in [3.63, 3.8) is 0 Å². The van der Waals surface area contributed by atoms with Crippen LogP contribution >= 0.6 is 0 Å². The fraction of sp³-hybridized carbons (Fsp3) is 0.500. The molecule has 27 heavy (non-hydrogen) atoms. The molecule has 1 aromatic rings. The third-order valence-electron chi connectivity index (χ3n) is 3.72. The predicted octanol–water partition coefficient (Wildman–Crippen LogP) is 2.44. The molecule has 1 atom stereocenters. The van der Waals surface area contributed by atoms with E-state index >= 15 is 0 Å². The Bertz CT molecular complexity index is 593. The molecule has 0 radical (unpaired) electrons. The van der Waals surface area contributed by atoms with Crippen molar-refractivity contribution in [3.05, 3.63) is 30.7 Å². The summed E-state index contributed by atoms with van der Waals surface area (Å²) in [6.45, 7) is 5.76. The number of carbonyl (C=O) groups is 1. The van der Waals surface area contributed by atoms with Crippen LogP contribution in [0.1, 0.15) is 57.4 Å². The van der Waals surface area contributed by atoms with Crippen molar-refractivity contribution < 1.29 is 35.4 Å². The van der Waals surface area contributed by atoms with Crippen LogP contribution in [0.15, 0.2) is 18.2 Å². The first kappa shape index (κ1) is 25.3. The van der Waals surface area contributed by atoms with Gasteiger partial charge in [-0.1, -0.05) is 6.07 Å². The molecule has 153 valence electrons. The number of rotatable bonds is 11. The van der Waals surface area contributed by atoms with Gasteiger partial charge in [0.1, 0.15) is 11.5 Å². The average molecular weight is 417 g/mol. The second-order valence-electron chi connectivity index (χ2n) is 6.12. The van der Waals surface area contributed by atoms with Crippen molar-refractivity contribution in [2.75, 3.05) is 0 Å². The first-order chi connectivity index (χ1) is 12.8. The Morgan fingerprint density at radius 1 is 1.30 bits per heavy atom. The standard InChI is InChI=1S/C12H21N2O2.C8H9O2.Mn/c1-2-3-4-5-6-7-12(16)14-11(10-15)8-9-13;1-2-6-3-4-7(9)5-8(6)10;/h11H,2-8,13H2,1H3,(H,14,16);3-5,9-10H,1-2H2;/q2*-1;/t11-;;/m1../s1. The third kappa shape index (κ3) is 13.2. The molecule has 6 nitrogen and oxygen atoms in total. The Labute approximate surface area is 169 Å². The van der Waals surface area contributed by atoms with Crippen LogP contribution in [0.25, 0.3) is 0 Å².